The number of hydrogen-bond acceptors (Lipinski definition) is 7. The maximum absolute atomic E-state index is 12.8. The lowest BCUT2D eigenvalue weighted by atomic mass is 10.2. The molecule has 0 aromatic carbocycles. The molecule has 2 aromatic rings. The van der Waals surface area contributed by atoms with E-state index >= 15 is 0 Å². The highest BCUT2D eigenvalue weighted by molar-refractivity contribution is 5.96. The Morgan fingerprint density at radius 3 is 2.73 bits per heavy atom. The van der Waals surface area contributed by atoms with Crippen LogP contribution in [0.2, 0.25) is 0 Å². The van der Waals surface area contributed by atoms with E-state index in [4.69, 9.17) is 4.74 Å². The Morgan fingerprint density at radius 1 is 1.27 bits per heavy atom. The Bertz CT molecular complexity index is 774. The normalized spacial score (nSPS) is 14.3. The molecule has 8 nitrogen and oxygen atoms in total. The molecule has 138 valence electrons. The van der Waals surface area contributed by atoms with Gasteiger partial charge in [0, 0.05) is 50.7 Å². The Morgan fingerprint density at radius 2 is 2.04 bits per heavy atom. The predicted octanol–water partition coefficient (Wildman–Crippen LogP) is 1.58. The lowest BCUT2D eigenvalue weighted by Crippen LogP contribution is -2.49. The van der Waals surface area contributed by atoms with Crippen LogP contribution in [-0.2, 0) is 0 Å². The number of piperazine rings is 1. The average molecular weight is 356 g/mol. The second-order valence-electron chi connectivity index (χ2n) is 6.06. The fourth-order valence-corrected chi connectivity index (χ4v) is 2.98. The van der Waals surface area contributed by atoms with Crippen molar-refractivity contribution in [3.8, 4) is 5.88 Å². The molecule has 0 bridgehead atoms. The van der Waals surface area contributed by atoms with Crippen molar-refractivity contribution in [3.05, 3.63) is 35.7 Å². The van der Waals surface area contributed by atoms with Gasteiger partial charge in [0.05, 0.1) is 7.11 Å². The van der Waals surface area contributed by atoms with E-state index in [2.05, 4.69) is 25.2 Å². The first-order chi connectivity index (χ1) is 12.6. The zero-order valence-electron chi connectivity index (χ0n) is 15.4. The minimum absolute atomic E-state index is 0.0539. The van der Waals surface area contributed by atoms with Crippen molar-refractivity contribution in [2.75, 3.05) is 50.1 Å². The molecular weight excluding hydrogens is 332 g/mol. The fourth-order valence-electron chi connectivity index (χ4n) is 2.98. The van der Waals surface area contributed by atoms with Crippen molar-refractivity contribution in [3.63, 3.8) is 0 Å². The van der Waals surface area contributed by atoms with Crippen LogP contribution in [0.5, 0.6) is 5.88 Å². The SMILES string of the molecule is CCNc1nc(C)cc(N2CCN(C(=O)c3cccnc3OC)CC2)n1. The monoisotopic (exact) mass is 356 g/mol. The highest BCUT2D eigenvalue weighted by atomic mass is 16.5. The van der Waals surface area contributed by atoms with Crippen LogP contribution < -0.4 is 15.0 Å². The molecule has 2 aromatic heterocycles. The summed E-state index contributed by atoms with van der Waals surface area (Å²) in [7, 11) is 1.52. The summed E-state index contributed by atoms with van der Waals surface area (Å²) in [5, 5.41) is 3.15. The van der Waals surface area contributed by atoms with Gasteiger partial charge in [-0.25, -0.2) is 9.97 Å². The van der Waals surface area contributed by atoms with E-state index in [0.29, 0.717) is 30.5 Å². The molecular formula is C18H24N6O2. The number of aromatic nitrogens is 3. The Balaban J connectivity index is 1.68. The molecule has 26 heavy (non-hydrogen) atoms. The first kappa shape index (κ1) is 17.9. The highest BCUT2D eigenvalue weighted by Gasteiger charge is 2.25. The van der Waals surface area contributed by atoms with E-state index in [0.717, 1.165) is 31.1 Å². The minimum Gasteiger partial charge on any atom is -0.480 e. The van der Waals surface area contributed by atoms with Crippen LogP contribution in [0, 0.1) is 6.92 Å². The van der Waals surface area contributed by atoms with Crippen LogP contribution in [0.25, 0.3) is 0 Å². The molecule has 1 amide bonds. The van der Waals surface area contributed by atoms with E-state index in [1.807, 2.05) is 24.8 Å². The standard InChI is InChI=1S/C18H24N6O2/c1-4-19-18-21-13(2)12-15(22-18)23-8-10-24(11-9-23)17(25)14-6-5-7-20-16(14)26-3/h5-7,12H,4,8-11H2,1-3H3,(H,19,21,22). The molecule has 0 unspecified atom stereocenters. The molecule has 3 rings (SSSR count). The van der Waals surface area contributed by atoms with Crippen molar-refractivity contribution in [2.45, 2.75) is 13.8 Å². The second kappa shape index (κ2) is 7.99. The molecule has 0 atom stereocenters. The molecule has 0 spiro atoms. The Kier molecular flexibility index (Phi) is 5.50. The number of nitrogens with zero attached hydrogens (tertiary/aromatic N) is 5. The molecule has 1 N–H and O–H groups in total. The van der Waals surface area contributed by atoms with Gasteiger partial charge in [-0.05, 0) is 26.0 Å². The van der Waals surface area contributed by atoms with E-state index in [-0.39, 0.29) is 5.91 Å². The summed E-state index contributed by atoms with van der Waals surface area (Å²) < 4.78 is 5.20. The number of carbonyl (C=O) groups excluding carboxylic acids is 1. The third-order valence-corrected chi connectivity index (χ3v) is 4.26. The molecule has 0 radical (unpaired) electrons. The van der Waals surface area contributed by atoms with Gasteiger partial charge in [-0.15, -0.1) is 0 Å². The van der Waals surface area contributed by atoms with Crippen LogP contribution in [0.15, 0.2) is 24.4 Å². The molecule has 1 aliphatic rings. The molecule has 0 aliphatic carbocycles. The first-order valence-electron chi connectivity index (χ1n) is 8.75. The van der Waals surface area contributed by atoms with Gasteiger partial charge in [0.1, 0.15) is 11.4 Å². The summed E-state index contributed by atoms with van der Waals surface area (Å²) in [5.74, 6) is 1.84. The zero-order valence-corrected chi connectivity index (χ0v) is 15.4. The van der Waals surface area contributed by atoms with Crippen LogP contribution in [0.1, 0.15) is 23.0 Å². The van der Waals surface area contributed by atoms with Gasteiger partial charge in [-0.3, -0.25) is 4.79 Å². The number of rotatable bonds is 5. The van der Waals surface area contributed by atoms with E-state index in [9.17, 15) is 4.79 Å². The first-order valence-corrected chi connectivity index (χ1v) is 8.75. The maximum Gasteiger partial charge on any atom is 0.259 e. The number of ether oxygens (including phenoxy) is 1. The van der Waals surface area contributed by atoms with Crippen LogP contribution in [0.3, 0.4) is 0 Å². The third-order valence-electron chi connectivity index (χ3n) is 4.26. The Labute approximate surface area is 153 Å². The summed E-state index contributed by atoms with van der Waals surface area (Å²) in [4.78, 5) is 29.8. The fraction of sp³-hybridized carbons (Fsp3) is 0.444. The molecule has 8 heteroatoms. The van der Waals surface area contributed by atoms with E-state index in [1.54, 1.807) is 18.3 Å². The van der Waals surface area contributed by atoms with E-state index < -0.39 is 0 Å². The van der Waals surface area contributed by atoms with Gasteiger partial charge < -0.3 is 19.9 Å². The lowest BCUT2D eigenvalue weighted by Gasteiger charge is -2.35. The molecule has 3 heterocycles. The van der Waals surface area contributed by atoms with Crippen molar-refractivity contribution >= 4 is 17.7 Å². The second-order valence-corrected chi connectivity index (χ2v) is 6.06. The van der Waals surface area contributed by atoms with Crippen molar-refractivity contribution in [1.82, 2.24) is 19.9 Å². The maximum atomic E-state index is 12.8. The summed E-state index contributed by atoms with van der Waals surface area (Å²) in [6, 6.07) is 5.47. The highest BCUT2D eigenvalue weighted by Crippen LogP contribution is 2.20. The van der Waals surface area contributed by atoms with Gasteiger partial charge in [-0.2, -0.15) is 4.98 Å². The minimum atomic E-state index is -0.0539. The number of hydrogen-bond donors (Lipinski definition) is 1. The number of amides is 1. The quantitative estimate of drug-likeness (QED) is 0.871. The molecule has 0 saturated carbocycles. The number of pyridine rings is 1. The summed E-state index contributed by atoms with van der Waals surface area (Å²) in [5.41, 5.74) is 1.42. The smallest absolute Gasteiger partial charge is 0.259 e. The van der Waals surface area contributed by atoms with Crippen LogP contribution in [-0.4, -0.2) is 65.6 Å². The third kappa shape index (κ3) is 3.84. The van der Waals surface area contributed by atoms with Crippen LogP contribution >= 0.6 is 0 Å². The number of anilines is 2. The van der Waals surface area contributed by atoms with Gasteiger partial charge in [0.15, 0.2) is 0 Å². The zero-order chi connectivity index (χ0) is 18.5. The van der Waals surface area contributed by atoms with Crippen molar-refractivity contribution < 1.29 is 9.53 Å². The lowest BCUT2D eigenvalue weighted by molar-refractivity contribution is 0.0742. The summed E-state index contributed by atoms with van der Waals surface area (Å²) in [6.07, 6.45) is 1.62. The van der Waals surface area contributed by atoms with Gasteiger partial charge in [0.25, 0.3) is 5.91 Å². The molecule has 1 aliphatic heterocycles. The van der Waals surface area contributed by atoms with Gasteiger partial charge in [-0.1, -0.05) is 0 Å². The van der Waals surface area contributed by atoms with Crippen molar-refractivity contribution in [2.24, 2.45) is 0 Å². The van der Waals surface area contributed by atoms with Gasteiger partial charge >= 0.3 is 0 Å². The number of nitrogens with one attached hydrogen (secondary N) is 1. The average Bonchev–Trinajstić information content (AvgIpc) is 2.67. The summed E-state index contributed by atoms with van der Waals surface area (Å²) >= 11 is 0. The van der Waals surface area contributed by atoms with E-state index in [1.165, 1.54) is 7.11 Å². The number of aryl methyl sites for hydroxylation is 1. The molecule has 1 saturated heterocycles. The number of carbonyl (C=O) groups is 1. The Hall–Kier alpha value is -2.90. The number of methoxy groups -OCH3 is 1. The predicted molar refractivity (Wildman–Crippen MR) is 99.8 cm³/mol. The topological polar surface area (TPSA) is 83.5 Å². The van der Waals surface area contributed by atoms with Crippen LogP contribution in [0.4, 0.5) is 11.8 Å². The summed E-state index contributed by atoms with van der Waals surface area (Å²) in [6.45, 7) is 7.43. The largest absolute Gasteiger partial charge is 0.480 e. The van der Waals surface area contributed by atoms with Crippen molar-refractivity contribution in [1.29, 1.82) is 0 Å². The molecule has 1 fully saturated rings. The van der Waals surface area contributed by atoms with Gasteiger partial charge in [0.2, 0.25) is 11.8 Å².